The fraction of sp³-hybridized carbons (Fsp3) is 0.833. The minimum Gasteiger partial charge on any atom is -0.466 e. The van der Waals surface area contributed by atoms with Crippen LogP contribution < -0.4 is 10.2 Å². The molecule has 2 saturated heterocycles. The molecule has 25 heavy (non-hydrogen) atoms. The second kappa shape index (κ2) is 7.72. The number of piperidine rings is 1. The predicted molar refractivity (Wildman–Crippen MR) is 90.7 cm³/mol. The van der Waals surface area contributed by atoms with Crippen LogP contribution in [0.15, 0.2) is 0 Å². The Morgan fingerprint density at radius 1 is 1.24 bits per heavy atom. The number of amides is 3. The molecule has 0 aromatic heterocycles. The van der Waals surface area contributed by atoms with Gasteiger partial charge in [0.1, 0.15) is 11.5 Å². The molecule has 1 aliphatic carbocycles. The van der Waals surface area contributed by atoms with Gasteiger partial charge < -0.3 is 15.0 Å². The molecule has 3 aliphatic rings. The molecule has 2 heterocycles. The number of rotatable bonds is 4. The van der Waals surface area contributed by atoms with Crippen molar-refractivity contribution >= 4 is 17.9 Å². The Morgan fingerprint density at radius 3 is 2.64 bits per heavy atom. The smallest absolute Gasteiger partial charge is 0.329 e. The summed E-state index contributed by atoms with van der Waals surface area (Å²) in [6.45, 7) is 4.05. The van der Waals surface area contributed by atoms with E-state index in [1.54, 1.807) is 0 Å². The largest absolute Gasteiger partial charge is 0.466 e. The summed E-state index contributed by atoms with van der Waals surface area (Å²) in [6, 6.07) is -0.266. The average Bonchev–Trinajstić information content (AvgIpc) is 2.77. The third kappa shape index (κ3) is 3.81. The molecular formula is C18H30N3O4+. The normalized spacial score (nSPS) is 29.4. The number of carbonyl (C=O) groups excluding carboxylic acids is 3. The highest BCUT2D eigenvalue weighted by Gasteiger charge is 2.52. The molecule has 140 valence electrons. The number of quaternary nitrogens is 1. The minimum absolute atomic E-state index is 0.0647. The van der Waals surface area contributed by atoms with E-state index in [2.05, 4.69) is 5.32 Å². The Bertz CT molecular complexity index is 528. The van der Waals surface area contributed by atoms with Gasteiger partial charge in [0.25, 0.3) is 5.91 Å². The first-order valence-corrected chi connectivity index (χ1v) is 9.70. The van der Waals surface area contributed by atoms with Gasteiger partial charge in [-0.1, -0.05) is 25.7 Å². The SMILES string of the molecule is CCOC(=O)[C@H]1CCC[NH+](CN2C(=O)NC3(CCCCCC3)C2=O)C1. The maximum absolute atomic E-state index is 13.0. The first kappa shape index (κ1) is 18.2. The first-order valence-electron chi connectivity index (χ1n) is 9.70. The van der Waals surface area contributed by atoms with Crippen LogP contribution in [0.3, 0.4) is 0 Å². The van der Waals surface area contributed by atoms with Gasteiger partial charge in [-0.05, 0) is 32.6 Å². The van der Waals surface area contributed by atoms with Gasteiger partial charge in [0.15, 0.2) is 6.67 Å². The summed E-state index contributed by atoms with van der Waals surface area (Å²) >= 11 is 0. The summed E-state index contributed by atoms with van der Waals surface area (Å²) in [6.07, 6.45) is 7.46. The van der Waals surface area contributed by atoms with Gasteiger partial charge in [0, 0.05) is 0 Å². The van der Waals surface area contributed by atoms with Crippen LogP contribution in [-0.2, 0) is 14.3 Å². The van der Waals surface area contributed by atoms with Gasteiger partial charge in [-0.2, -0.15) is 0 Å². The summed E-state index contributed by atoms with van der Waals surface area (Å²) < 4.78 is 5.13. The second-order valence-corrected chi connectivity index (χ2v) is 7.61. The van der Waals surface area contributed by atoms with Crippen molar-refractivity contribution in [3.8, 4) is 0 Å². The Balaban J connectivity index is 1.63. The van der Waals surface area contributed by atoms with Gasteiger partial charge in [0.05, 0.1) is 19.7 Å². The van der Waals surface area contributed by atoms with Crippen LogP contribution in [0.4, 0.5) is 4.79 Å². The van der Waals surface area contributed by atoms with E-state index in [4.69, 9.17) is 4.74 Å². The Kier molecular flexibility index (Phi) is 5.61. The molecule has 7 heteroatoms. The molecule has 3 rings (SSSR count). The Morgan fingerprint density at radius 2 is 1.96 bits per heavy atom. The molecule has 1 unspecified atom stereocenters. The van der Waals surface area contributed by atoms with Crippen LogP contribution in [-0.4, -0.2) is 54.7 Å². The van der Waals surface area contributed by atoms with E-state index >= 15 is 0 Å². The molecule has 0 aromatic carbocycles. The molecule has 3 amide bonds. The zero-order valence-corrected chi connectivity index (χ0v) is 15.1. The van der Waals surface area contributed by atoms with Crippen molar-refractivity contribution < 1.29 is 24.0 Å². The van der Waals surface area contributed by atoms with Crippen molar-refractivity contribution in [2.75, 3.05) is 26.4 Å². The third-order valence-electron chi connectivity index (χ3n) is 5.82. The molecule has 7 nitrogen and oxygen atoms in total. The van der Waals surface area contributed by atoms with Crippen molar-refractivity contribution in [1.82, 2.24) is 10.2 Å². The highest BCUT2D eigenvalue weighted by atomic mass is 16.5. The van der Waals surface area contributed by atoms with Gasteiger partial charge in [0.2, 0.25) is 0 Å². The fourth-order valence-electron chi connectivity index (χ4n) is 4.47. The van der Waals surface area contributed by atoms with Gasteiger partial charge >= 0.3 is 12.0 Å². The number of nitrogens with zero attached hydrogens (tertiary/aromatic N) is 1. The average molecular weight is 352 g/mol. The van der Waals surface area contributed by atoms with E-state index in [1.807, 2.05) is 6.92 Å². The van der Waals surface area contributed by atoms with Crippen LogP contribution in [0, 0.1) is 5.92 Å². The lowest BCUT2D eigenvalue weighted by atomic mass is 9.90. The number of hydrogen-bond donors (Lipinski definition) is 2. The number of hydrogen-bond acceptors (Lipinski definition) is 4. The predicted octanol–water partition coefficient (Wildman–Crippen LogP) is 0.447. The van der Waals surface area contributed by atoms with E-state index in [1.165, 1.54) is 4.90 Å². The minimum atomic E-state index is -0.677. The Hall–Kier alpha value is -1.63. The van der Waals surface area contributed by atoms with E-state index in [0.29, 0.717) is 19.8 Å². The molecule has 0 aromatic rings. The molecule has 3 fully saturated rings. The third-order valence-corrected chi connectivity index (χ3v) is 5.82. The van der Waals surface area contributed by atoms with Crippen LogP contribution in [0.5, 0.6) is 0 Å². The second-order valence-electron chi connectivity index (χ2n) is 7.61. The van der Waals surface area contributed by atoms with Gasteiger partial charge in [-0.15, -0.1) is 0 Å². The number of imide groups is 1. The highest BCUT2D eigenvalue weighted by Crippen LogP contribution is 2.32. The molecule has 0 radical (unpaired) electrons. The van der Waals surface area contributed by atoms with Crippen molar-refractivity contribution in [2.24, 2.45) is 5.92 Å². The van der Waals surface area contributed by atoms with Gasteiger partial charge in [-0.25, -0.2) is 9.69 Å². The standard InChI is InChI=1S/C18H29N3O4/c1-2-25-15(22)14-8-7-11-20(12-14)13-21-16(23)18(19-17(21)24)9-5-3-4-6-10-18/h14H,2-13H2,1H3,(H,19,24)/p+1/t14-/m0/s1. The molecular weight excluding hydrogens is 322 g/mol. The van der Waals surface area contributed by atoms with E-state index in [9.17, 15) is 14.4 Å². The first-order chi connectivity index (χ1) is 12.1. The molecule has 1 spiro atoms. The van der Waals surface area contributed by atoms with Gasteiger partial charge in [-0.3, -0.25) is 9.59 Å². The lowest BCUT2D eigenvalue weighted by molar-refractivity contribution is -0.914. The summed E-state index contributed by atoms with van der Waals surface area (Å²) in [4.78, 5) is 39.9. The Labute approximate surface area is 149 Å². The van der Waals surface area contributed by atoms with Crippen LogP contribution >= 0.6 is 0 Å². The van der Waals surface area contributed by atoms with E-state index < -0.39 is 5.54 Å². The molecule has 2 aliphatic heterocycles. The maximum Gasteiger partial charge on any atom is 0.329 e. The van der Waals surface area contributed by atoms with E-state index in [-0.39, 0.29) is 23.8 Å². The summed E-state index contributed by atoms with van der Waals surface area (Å²) in [7, 11) is 0. The number of urea groups is 1. The molecule has 2 N–H and O–H groups in total. The quantitative estimate of drug-likeness (QED) is 0.569. The lowest BCUT2D eigenvalue weighted by Crippen LogP contribution is -3.15. The van der Waals surface area contributed by atoms with Crippen molar-refractivity contribution in [1.29, 1.82) is 0 Å². The van der Waals surface area contributed by atoms with Crippen LogP contribution in [0.25, 0.3) is 0 Å². The summed E-state index contributed by atoms with van der Waals surface area (Å²) in [5.74, 6) is -0.349. The zero-order valence-electron chi connectivity index (χ0n) is 15.1. The number of ether oxygens (including phenoxy) is 1. The number of likely N-dealkylation sites (tertiary alicyclic amines) is 1. The molecule has 0 bridgehead atoms. The van der Waals surface area contributed by atoms with Crippen molar-refractivity contribution in [3.05, 3.63) is 0 Å². The monoisotopic (exact) mass is 352 g/mol. The van der Waals surface area contributed by atoms with Crippen molar-refractivity contribution in [3.63, 3.8) is 0 Å². The maximum atomic E-state index is 13.0. The topological polar surface area (TPSA) is 80.2 Å². The summed E-state index contributed by atoms with van der Waals surface area (Å²) in [5, 5.41) is 2.99. The number of esters is 1. The summed E-state index contributed by atoms with van der Waals surface area (Å²) in [5.41, 5.74) is -0.677. The highest BCUT2D eigenvalue weighted by molar-refractivity contribution is 6.06. The number of nitrogens with one attached hydrogen (secondary N) is 2. The molecule has 1 saturated carbocycles. The van der Waals surface area contributed by atoms with Crippen LogP contribution in [0.2, 0.25) is 0 Å². The zero-order chi connectivity index (χ0) is 17.9. The van der Waals surface area contributed by atoms with E-state index in [0.717, 1.165) is 62.8 Å². The number of carbonyl (C=O) groups is 3. The van der Waals surface area contributed by atoms with Crippen LogP contribution in [0.1, 0.15) is 58.3 Å². The van der Waals surface area contributed by atoms with Crippen molar-refractivity contribution in [2.45, 2.75) is 63.8 Å². The molecule has 2 atom stereocenters. The lowest BCUT2D eigenvalue weighted by Gasteiger charge is -2.31. The fourth-order valence-corrected chi connectivity index (χ4v) is 4.47.